The minimum absolute atomic E-state index is 0.516. The fourth-order valence-electron chi connectivity index (χ4n) is 2.86. The van der Waals surface area contributed by atoms with E-state index in [1.165, 1.54) is 11.3 Å². The van der Waals surface area contributed by atoms with Crippen molar-refractivity contribution in [3.05, 3.63) is 28.2 Å². The maximum Gasteiger partial charge on any atom is 0.188 e. The summed E-state index contributed by atoms with van der Waals surface area (Å²) in [6.45, 7) is 11.7. The minimum Gasteiger partial charge on any atom is -0.316 e. The van der Waals surface area contributed by atoms with Crippen LogP contribution in [0.3, 0.4) is 0 Å². The molecule has 1 aliphatic heterocycles. The normalized spacial score (nSPS) is 18.8. The number of hydrogen-bond acceptors (Lipinski definition) is 6. The highest BCUT2D eigenvalue weighted by molar-refractivity contribution is 7.15. The number of hydrogen-bond donors (Lipinski definition) is 1. The molecule has 2 aromatic rings. The summed E-state index contributed by atoms with van der Waals surface area (Å²) in [5.74, 6) is 2.19. The first-order valence-electron chi connectivity index (χ1n) is 7.84. The monoisotopic (exact) mass is 317 g/mol. The van der Waals surface area contributed by atoms with Crippen molar-refractivity contribution in [3.8, 4) is 0 Å². The molecule has 0 aromatic carbocycles. The quantitative estimate of drug-likeness (QED) is 0.936. The Morgan fingerprint density at radius 1 is 1.27 bits per heavy atom. The molecule has 0 saturated carbocycles. The van der Waals surface area contributed by atoms with Crippen LogP contribution >= 0.6 is 11.3 Å². The fraction of sp³-hybridized carbons (Fsp3) is 0.562. The average molecular weight is 317 g/mol. The van der Waals surface area contributed by atoms with Gasteiger partial charge in [-0.1, -0.05) is 6.92 Å². The predicted octanol–water partition coefficient (Wildman–Crippen LogP) is 3.41. The second-order valence-electron chi connectivity index (χ2n) is 5.89. The lowest BCUT2D eigenvalue weighted by Gasteiger charge is -2.14. The molecule has 118 valence electrons. The number of aromatic nitrogens is 3. The van der Waals surface area contributed by atoms with Gasteiger partial charge in [0.1, 0.15) is 11.6 Å². The predicted molar refractivity (Wildman–Crippen MR) is 91.1 cm³/mol. The summed E-state index contributed by atoms with van der Waals surface area (Å²) < 4.78 is 0. The van der Waals surface area contributed by atoms with Gasteiger partial charge >= 0.3 is 0 Å². The van der Waals surface area contributed by atoms with E-state index < -0.39 is 0 Å². The highest BCUT2D eigenvalue weighted by Crippen LogP contribution is 2.29. The molecular weight excluding hydrogens is 294 g/mol. The highest BCUT2D eigenvalue weighted by Gasteiger charge is 2.24. The maximum absolute atomic E-state index is 4.65. The van der Waals surface area contributed by atoms with Crippen molar-refractivity contribution < 1.29 is 0 Å². The Bertz CT molecular complexity index is 647. The Labute approximate surface area is 135 Å². The van der Waals surface area contributed by atoms with Crippen LogP contribution in [0.2, 0.25) is 0 Å². The van der Waals surface area contributed by atoms with Crippen molar-refractivity contribution >= 4 is 22.3 Å². The average Bonchev–Trinajstić information content (AvgIpc) is 3.06. The number of aryl methyl sites for hydroxylation is 3. The first kappa shape index (κ1) is 15.4. The van der Waals surface area contributed by atoms with Crippen molar-refractivity contribution in [2.24, 2.45) is 0 Å². The van der Waals surface area contributed by atoms with Crippen LogP contribution < -0.4 is 5.32 Å². The van der Waals surface area contributed by atoms with E-state index in [9.17, 15) is 0 Å². The third kappa shape index (κ3) is 3.28. The fourth-order valence-corrected chi connectivity index (χ4v) is 3.68. The summed E-state index contributed by atoms with van der Waals surface area (Å²) in [5, 5.41) is 4.24. The van der Waals surface area contributed by atoms with Crippen LogP contribution in [0.25, 0.3) is 0 Å². The van der Waals surface area contributed by atoms with Crippen LogP contribution in [0.4, 0.5) is 10.9 Å². The van der Waals surface area contributed by atoms with Crippen molar-refractivity contribution in [1.29, 1.82) is 0 Å². The molecule has 1 N–H and O–H groups in total. The third-order valence-electron chi connectivity index (χ3n) is 4.26. The van der Waals surface area contributed by atoms with Crippen molar-refractivity contribution in [1.82, 2.24) is 19.9 Å². The lowest BCUT2D eigenvalue weighted by Crippen LogP contribution is -2.19. The SMILES string of the molecule is CCN1CC[C@@H](c2cc(Nc3nc(C)c(C)s3)nc(C)n2)C1. The summed E-state index contributed by atoms with van der Waals surface area (Å²) in [7, 11) is 0. The largest absolute Gasteiger partial charge is 0.316 e. The molecule has 0 radical (unpaired) electrons. The zero-order valence-electron chi connectivity index (χ0n) is 13.7. The summed E-state index contributed by atoms with van der Waals surface area (Å²) in [5.41, 5.74) is 2.23. The number of anilines is 2. The number of rotatable bonds is 4. The highest BCUT2D eigenvalue weighted by atomic mass is 32.1. The van der Waals surface area contributed by atoms with Gasteiger partial charge in [-0.2, -0.15) is 0 Å². The number of likely N-dealkylation sites (tertiary alicyclic amines) is 1. The van der Waals surface area contributed by atoms with Gasteiger partial charge < -0.3 is 10.2 Å². The van der Waals surface area contributed by atoms with Crippen LogP contribution in [-0.2, 0) is 0 Å². The molecule has 1 aliphatic rings. The molecule has 0 aliphatic carbocycles. The Hall–Kier alpha value is -1.53. The zero-order chi connectivity index (χ0) is 15.7. The molecular formula is C16H23N5S. The molecule has 0 amide bonds. The van der Waals surface area contributed by atoms with Gasteiger partial charge in [0.15, 0.2) is 5.13 Å². The van der Waals surface area contributed by atoms with E-state index in [0.717, 1.165) is 47.8 Å². The molecule has 22 heavy (non-hydrogen) atoms. The first-order valence-corrected chi connectivity index (χ1v) is 8.65. The Morgan fingerprint density at radius 2 is 2.09 bits per heavy atom. The van der Waals surface area contributed by atoms with E-state index in [4.69, 9.17) is 0 Å². The minimum atomic E-state index is 0.516. The molecule has 1 atom stereocenters. The second kappa shape index (κ2) is 6.30. The molecule has 6 heteroatoms. The van der Waals surface area contributed by atoms with Gasteiger partial charge in [0.05, 0.1) is 11.4 Å². The van der Waals surface area contributed by atoms with E-state index in [1.54, 1.807) is 11.3 Å². The number of likely N-dealkylation sites (N-methyl/N-ethyl adjacent to an activating group) is 1. The van der Waals surface area contributed by atoms with Gasteiger partial charge in [0.2, 0.25) is 0 Å². The van der Waals surface area contributed by atoms with E-state index in [0.29, 0.717) is 5.92 Å². The molecule has 0 unspecified atom stereocenters. The number of thiazole rings is 1. The third-order valence-corrected chi connectivity index (χ3v) is 5.25. The Kier molecular flexibility index (Phi) is 4.40. The Balaban J connectivity index is 1.80. The first-order chi connectivity index (χ1) is 10.5. The van der Waals surface area contributed by atoms with Gasteiger partial charge in [-0.3, -0.25) is 0 Å². The van der Waals surface area contributed by atoms with Crippen LogP contribution in [0.15, 0.2) is 6.07 Å². The molecule has 5 nitrogen and oxygen atoms in total. The molecule has 3 heterocycles. The Morgan fingerprint density at radius 3 is 2.73 bits per heavy atom. The number of nitrogens with zero attached hydrogens (tertiary/aromatic N) is 4. The molecule has 1 saturated heterocycles. The van der Waals surface area contributed by atoms with Crippen molar-refractivity contribution in [2.45, 2.75) is 40.0 Å². The molecule has 1 fully saturated rings. The standard InChI is InChI=1S/C16H23N5S/c1-5-21-7-6-13(9-21)14-8-15(19-12(4)18-14)20-16-17-10(2)11(3)22-16/h8,13H,5-7,9H2,1-4H3,(H,17,18,19,20)/t13-/m1/s1. The summed E-state index contributed by atoms with van der Waals surface area (Å²) in [4.78, 5) is 17.4. The molecule has 2 aromatic heterocycles. The van der Waals surface area contributed by atoms with Gasteiger partial charge in [0.25, 0.3) is 0 Å². The van der Waals surface area contributed by atoms with E-state index >= 15 is 0 Å². The van der Waals surface area contributed by atoms with Gasteiger partial charge in [-0.05, 0) is 40.3 Å². The lowest BCUT2D eigenvalue weighted by atomic mass is 10.0. The lowest BCUT2D eigenvalue weighted by molar-refractivity contribution is 0.353. The van der Waals surface area contributed by atoms with Crippen LogP contribution in [0.1, 0.15) is 41.4 Å². The second-order valence-corrected chi connectivity index (χ2v) is 7.09. The maximum atomic E-state index is 4.65. The van der Waals surface area contributed by atoms with Crippen molar-refractivity contribution in [3.63, 3.8) is 0 Å². The van der Waals surface area contributed by atoms with Gasteiger partial charge in [0, 0.05) is 23.4 Å². The summed E-state index contributed by atoms with van der Waals surface area (Å²) >= 11 is 1.67. The summed E-state index contributed by atoms with van der Waals surface area (Å²) in [6, 6.07) is 2.09. The van der Waals surface area contributed by atoms with Crippen LogP contribution in [0.5, 0.6) is 0 Å². The molecule has 0 spiro atoms. The topological polar surface area (TPSA) is 53.9 Å². The van der Waals surface area contributed by atoms with Gasteiger partial charge in [-0.15, -0.1) is 11.3 Å². The molecule has 0 bridgehead atoms. The van der Waals surface area contributed by atoms with Crippen LogP contribution in [-0.4, -0.2) is 39.5 Å². The van der Waals surface area contributed by atoms with E-state index in [-0.39, 0.29) is 0 Å². The van der Waals surface area contributed by atoms with E-state index in [2.05, 4.69) is 45.1 Å². The zero-order valence-corrected chi connectivity index (χ0v) is 14.5. The number of nitrogens with one attached hydrogen (secondary N) is 1. The summed E-state index contributed by atoms with van der Waals surface area (Å²) in [6.07, 6.45) is 1.18. The van der Waals surface area contributed by atoms with E-state index in [1.807, 2.05) is 13.8 Å². The molecule has 3 rings (SSSR count). The van der Waals surface area contributed by atoms with Crippen LogP contribution in [0, 0.1) is 20.8 Å². The smallest absolute Gasteiger partial charge is 0.188 e. The van der Waals surface area contributed by atoms with Crippen molar-refractivity contribution in [2.75, 3.05) is 25.0 Å². The van der Waals surface area contributed by atoms with Gasteiger partial charge in [-0.25, -0.2) is 15.0 Å².